The number of unbranched alkanes of at least 4 members (excludes halogenated alkanes) is 1. The van der Waals surface area contributed by atoms with E-state index in [0.29, 0.717) is 0 Å². The predicted molar refractivity (Wildman–Crippen MR) is 108 cm³/mol. The highest BCUT2D eigenvalue weighted by Gasteiger charge is 2.50. The molecule has 5 rings (SSSR count). The Hall–Kier alpha value is -2.33. The standard InChI is InChI=1S/C24H28O4/c25-22(26)11-4-5-12-23-13-15-24(16-14-23,27-18-23)19-7-6-10-21(17-19)28-20-8-2-1-3-9-20/h1-3,6-10,17H,4-5,11-16,18H2,(H,25,26). The van der Waals surface area contributed by atoms with Gasteiger partial charge in [-0.2, -0.15) is 0 Å². The van der Waals surface area contributed by atoms with Crippen LogP contribution in [0.5, 0.6) is 11.5 Å². The SMILES string of the molecule is O=C(O)CCCCC12CCC(c3cccc(Oc4ccccc4)c3)(CC1)OC2. The molecule has 3 aliphatic rings. The van der Waals surface area contributed by atoms with Crippen molar-refractivity contribution in [2.75, 3.05) is 6.61 Å². The lowest BCUT2D eigenvalue weighted by Crippen LogP contribution is -2.49. The molecule has 0 spiro atoms. The maximum Gasteiger partial charge on any atom is 0.303 e. The Morgan fingerprint density at radius 1 is 0.964 bits per heavy atom. The van der Waals surface area contributed by atoms with Crippen LogP contribution in [0.4, 0.5) is 0 Å². The quantitative estimate of drug-likeness (QED) is 0.578. The van der Waals surface area contributed by atoms with Crippen LogP contribution in [0.1, 0.15) is 56.9 Å². The number of carbonyl (C=O) groups is 1. The molecule has 2 aromatic rings. The van der Waals surface area contributed by atoms with Crippen molar-refractivity contribution in [3.8, 4) is 11.5 Å². The molecular weight excluding hydrogens is 352 g/mol. The number of benzene rings is 2. The lowest BCUT2D eigenvalue weighted by atomic mass is 9.62. The average Bonchev–Trinajstić information content (AvgIpc) is 2.74. The van der Waals surface area contributed by atoms with Crippen LogP contribution in [0.15, 0.2) is 54.6 Å². The molecule has 2 aliphatic heterocycles. The van der Waals surface area contributed by atoms with Gasteiger partial charge in [-0.3, -0.25) is 4.79 Å². The Balaban J connectivity index is 1.40. The minimum Gasteiger partial charge on any atom is -0.481 e. The Bertz CT molecular complexity index is 790. The monoisotopic (exact) mass is 380 g/mol. The van der Waals surface area contributed by atoms with Crippen LogP contribution in [0.2, 0.25) is 0 Å². The van der Waals surface area contributed by atoms with Crippen molar-refractivity contribution in [1.29, 1.82) is 0 Å². The molecule has 0 amide bonds. The van der Waals surface area contributed by atoms with Gasteiger partial charge in [-0.1, -0.05) is 36.8 Å². The van der Waals surface area contributed by atoms with E-state index in [9.17, 15) is 4.79 Å². The van der Waals surface area contributed by atoms with E-state index in [0.717, 1.165) is 63.1 Å². The zero-order valence-electron chi connectivity index (χ0n) is 16.2. The van der Waals surface area contributed by atoms with Crippen LogP contribution in [-0.2, 0) is 15.1 Å². The topological polar surface area (TPSA) is 55.8 Å². The van der Waals surface area contributed by atoms with E-state index in [1.165, 1.54) is 5.56 Å². The molecule has 1 saturated carbocycles. The molecule has 0 unspecified atom stereocenters. The molecule has 2 aromatic carbocycles. The zero-order chi connectivity index (χ0) is 19.5. The third kappa shape index (κ3) is 4.07. The van der Waals surface area contributed by atoms with Gasteiger partial charge in [-0.05, 0) is 73.8 Å². The summed E-state index contributed by atoms with van der Waals surface area (Å²) in [5.41, 5.74) is 1.26. The number of carboxylic acid groups (broad SMARTS) is 1. The number of fused-ring (bicyclic) bond motifs is 3. The zero-order valence-corrected chi connectivity index (χ0v) is 16.2. The number of hydrogen-bond acceptors (Lipinski definition) is 3. The fourth-order valence-electron chi connectivity index (χ4n) is 4.70. The second-order valence-electron chi connectivity index (χ2n) is 8.33. The number of aliphatic carboxylic acids is 1. The summed E-state index contributed by atoms with van der Waals surface area (Å²) < 4.78 is 12.5. The number of rotatable bonds is 8. The van der Waals surface area contributed by atoms with Gasteiger partial charge in [0.15, 0.2) is 0 Å². The van der Waals surface area contributed by atoms with Gasteiger partial charge in [-0.15, -0.1) is 0 Å². The second-order valence-corrected chi connectivity index (χ2v) is 8.33. The third-order valence-electron chi connectivity index (χ3n) is 6.46. The fraction of sp³-hybridized carbons (Fsp3) is 0.458. The van der Waals surface area contributed by atoms with Gasteiger partial charge in [0.2, 0.25) is 0 Å². The Morgan fingerprint density at radius 2 is 1.71 bits per heavy atom. The number of ether oxygens (including phenoxy) is 2. The summed E-state index contributed by atoms with van der Waals surface area (Å²) in [4.78, 5) is 10.7. The summed E-state index contributed by atoms with van der Waals surface area (Å²) in [6, 6.07) is 18.2. The molecule has 2 heterocycles. The van der Waals surface area contributed by atoms with Crippen molar-refractivity contribution < 1.29 is 19.4 Å². The molecule has 4 heteroatoms. The third-order valence-corrected chi connectivity index (χ3v) is 6.46. The maximum atomic E-state index is 10.7. The van der Waals surface area contributed by atoms with Gasteiger partial charge in [0.05, 0.1) is 12.2 Å². The van der Waals surface area contributed by atoms with Crippen molar-refractivity contribution in [2.45, 2.75) is 57.0 Å². The largest absolute Gasteiger partial charge is 0.481 e. The number of carboxylic acids is 1. The summed E-state index contributed by atoms with van der Waals surface area (Å²) in [5, 5.41) is 8.82. The van der Waals surface area contributed by atoms with Crippen LogP contribution >= 0.6 is 0 Å². The smallest absolute Gasteiger partial charge is 0.303 e. The lowest BCUT2D eigenvalue weighted by Gasteiger charge is -2.53. The van der Waals surface area contributed by atoms with Crippen LogP contribution in [-0.4, -0.2) is 17.7 Å². The Kier molecular flexibility index (Phi) is 5.40. The molecule has 1 N–H and O–H groups in total. The van der Waals surface area contributed by atoms with Gasteiger partial charge in [0.25, 0.3) is 0 Å². The molecule has 0 aromatic heterocycles. The van der Waals surface area contributed by atoms with Crippen LogP contribution < -0.4 is 4.74 Å². The number of hydrogen-bond donors (Lipinski definition) is 1. The molecule has 0 radical (unpaired) electrons. The van der Waals surface area contributed by atoms with Crippen LogP contribution in [0.3, 0.4) is 0 Å². The van der Waals surface area contributed by atoms with Crippen molar-refractivity contribution in [3.63, 3.8) is 0 Å². The van der Waals surface area contributed by atoms with E-state index < -0.39 is 5.97 Å². The summed E-state index contributed by atoms with van der Waals surface area (Å²) in [5.74, 6) is 0.987. The van der Waals surface area contributed by atoms with Crippen molar-refractivity contribution in [3.05, 3.63) is 60.2 Å². The summed E-state index contributed by atoms with van der Waals surface area (Å²) in [6.07, 6.45) is 7.46. The summed E-state index contributed by atoms with van der Waals surface area (Å²) in [6.45, 7) is 0.782. The molecule has 148 valence electrons. The normalized spacial score (nSPS) is 26.1. The highest BCUT2D eigenvalue weighted by molar-refractivity contribution is 5.66. The Labute approximate surface area is 166 Å². The molecule has 2 bridgehead atoms. The maximum absolute atomic E-state index is 10.7. The van der Waals surface area contributed by atoms with Crippen LogP contribution in [0, 0.1) is 5.41 Å². The van der Waals surface area contributed by atoms with E-state index in [1.54, 1.807) is 0 Å². The van der Waals surface area contributed by atoms with Gasteiger partial charge >= 0.3 is 5.97 Å². The summed E-state index contributed by atoms with van der Waals surface area (Å²) >= 11 is 0. The number of para-hydroxylation sites is 1. The molecule has 1 aliphatic carbocycles. The van der Waals surface area contributed by atoms with E-state index in [2.05, 4.69) is 12.1 Å². The van der Waals surface area contributed by atoms with Gasteiger partial charge in [0.1, 0.15) is 11.5 Å². The molecular formula is C24H28O4. The average molecular weight is 380 g/mol. The van der Waals surface area contributed by atoms with E-state index >= 15 is 0 Å². The molecule has 0 atom stereocenters. The molecule has 3 fully saturated rings. The van der Waals surface area contributed by atoms with E-state index in [1.807, 2.05) is 42.5 Å². The first-order valence-electron chi connectivity index (χ1n) is 10.3. The highest BCUT2D eigenvalue weighted by Crippen LogP contribution is 2.55. The first-order valence-corrected chi connectivity index (χ1v) is 10.3. The second kappa shape index (κ2) is 7.96. The first kappa shape index (κ1) is 19.0. The Morgan fingerprint density at radius 3 is 2.39 bits per heavy atom. The van der Waals surface area contributed by atoms with Crippen LogP contribution in [0.25, 0.3) is 0 Å². The van der Waals surface area contributed by atoms with E-state index in [4.69, 9.17) is 14.6 Å². The highest BCUT2D eigenvalue weighted by atomic mass is 16.5. The molecule has 28 heavy (non-hydrogen) atoms. The van der Waals surface area contributed by atoms with Crippen molar-refractivity contribution in [1.82, 2.24) is 0 Å². The lowest BCUT2D eigenvalue weighted by molar-refractivity contribution is -0.191. The van der Waals surface area contributed by atoms with Gasteiger partial charge in [-0.25, -0.2) is 0 Å². The van der Waals surface area contributed by atoms with Crippen molar-refractivity contribution in [2.24, 2.45) is 5.41 Å². The van der Waals surface area contributed by atoms with Crippen molar-refractivity contribution >= 4 is 5.97 Å². The first-order chi connectivity index (χ1) is 13.6. The fourth-order valence-corrected chi connectivity index (χ4v) is 4.70. The molecule has 4 nitrogen and oxygen atoms in total. The van der Waals surface area contributed by atoms with E-state index in [-0.39, 0.29) is 17.4 Å². The van der Waals surface area contributed by atoms with Gasteiger partial charge < -0.3 is 14.6 Å². The minimum absolute atomic E-state index is 0.196. The van der Waals surface area contributed by atoms with Gasteiger partial charge in [0, 0.05) is 6.42 Å². The predicted octanol–water partition coefficient (Wildman–Crippen LogP) is 5.91. The molecule has 2 saturated heterocycles. The summed E-state index contributed by atoms with van der Waals surface area (Å²) in [7, 11) is 0. The minimum atomic E-state index is -0.697.